The SMILES string of the molecule is O=[N+]([O-])c1cc(N2CCNCC2)ccc1OC(F)(F)F. The number of nitrogens with zero attached hydrogens (tertiary/aromatic N) is 2. The summed E-state index contributed by atoms with van der Waals surface area (Å²) < 4.78 is 40.2. The number of rotatable bonds is 3. The Morgan fingerprint density at radius 3 is 2.50 bits per heavy atom. The topological polar surface area (TPSA) is 67.6 Å². The molecule has 1 N–H and O–H groups in total. The van der Waals surface area contributed by atoms with Crippen LogP contribution in [0.1, 0.15) is 0 Å². The lowest BCUT2D eigenvalue weighted by molar-refractivity contribution is -0.388. The van der Waals surface area contributed by atoms with Gasteiger partial charge in [0.2, 0.25) is 5.75 Å². The summed E-state index contributed by atoms with van der Waals surface area (Å²) in [4.78, 5) is 11.8. The van der Waals surface area contributed by atoms with Crippen molar-refractivity contribution in [3.05, 3.63) is 28.3 Å². The van der Waals surface area contributed by atoms with Crippen molar-refractivity contribution in [3.63, 3.8) is 0 Å². The fourth-order valence-electron chi connectivity index (χ4n) is 1.98. The highest BCUT2D eigenvalue weighted by atomic mass is 19.4. The van der Waals surface area contributed by atoms with E-state index in [4.69, 9.17) is 0 Å². The second-order valence-corrected chi connectivity index (χ2v) is 4.19. The molecule has 1 saturated heterocycles. The molecule has 1 aromatic rings. The van der Waals surface area contributed by atoms with Gasteiger partial charge in [-0.25, -0.2) is 0 Å². The predicted octanol–water partition coefficient (Wildman–Crippen LogP) is 1.90. The molecule has 0 unspecified atom stereocenters. The van der Waals surface area contributed by atoms with E-state index >= 15 is 0 Å². The lowest BCUT2D eigenvalue weighted by Crippen LogP contribution is -2.43. The number of ether oxygens (including phenoxy) is 1. The Balaban J connectivity index is 2.29. The normalized spacial score (nSPS) is 16.1. The van der Waals surface area contributed by atoms with Gasteiger partial charge in [0.25, 0.3) is 0 Å². The average Bonchev–Trinajstić information content (AvgIpc) is 2.38. The van der Waals surface area contributed by atoms with Crippen molar-refractivity contribution in [2.24, 2.45) is 0 Å². The van der Waals surface area contributed by atoms with Gasteiger partial charge in [-0.2, -0.15) is 0 Å². The van der Waals surface area contributed by atoms with E-state index in [0.717, 1.165) is 12.1 Å². The average molecular weight is 291 g/mol. The van der Waals surface area contributed by atoms with Crippen LogP contribution in [0.5, 0.6) is 5.75 Å². The third-order valence-electron chi connectivity index (χ3n) is 2.85. The molecule has 1 fully saturated rings. The molecule has 0 atom stereocenters. The third kappa shape index (κ3) is 3.50. The summed E-state index contributed by atoms with van der Waals surface area (Å²) in [7, 11) is 0. The monoisotopic (exact) mass is 291 g/mol. The van der Waals surface area contributed by atoms with E-state index in [1.54, 1.807) is 0 Å². The molecule has 0 amide bonds. The molecule has 0 bridgehead atoms. The highest BCUT2D eigenvalue weighted by Gasteiger charge is 2.34. The number of hydrogen-bond donors (Lipinski definition) is 1. The van der Waals surface area contributed by atoms with Crippen molar-refractivity contribution in [1.82, 2.24) is 5.32 Å². The molecule has 1 aromatic carbocycles. The van der Waals surface area contributed by atoms with Gasteiger partial charge < -0.3 is 15.0 Å². The number of piperazine rings is 1. The zero-order valence-electron chi connectivity index (χ0n) is 10.3. The molecular formula is C11H12F3N3O3. The van der Waals surface area contributed by atoms with Crippen LogP contribution in [0.3, 0.4) is 0 Å². The third-order valence-corrected chi connectivity index (χ3v) is 2.85. The molecule has 0 saturated carbocycles. The van der Waals surface area contributed by atoms with Gasteiger partial charge in [-0.15, -0.1) is 13.2 Å². The molecule has 0 radical (unpaired) electrons. The maximum atomic E-state index is 12.2. The molecule has 9 heteroatoms. The van der Waals surface area contributed by atoms with Crippen LogP contribution in [0.4, 0.5) is 24.5 Å². The van der Waals surface area contributed by atoms with Gasteiger partial charge in [0.1, 0.15) is 0 Å². The van der Waals surface area contributed by atoms with E-state index in [1.807, 2.05) is 4.90 Å². The Morgan fingerprint density at radius 2 is 1.95 bits per heavy atom. The first-order valence-electron chi connectivity index (χ1n) is 5.87. The molecule has 1 aliphatic heterocycles. The minimum atomic E-state index is -4.96. The number of hydrogen-bond acceptors (Lipinski definition) is 5. The molecule has 0 spiro atoms. The summed E-state index contributed by atoms with van der Waals surface area (Å²) in [6, 6.07) is 3.47. The van der Waals surface area contributed by atoms with E-state index in [-0.39, 0.29) is 0 Å². The van der Waals surface area contributed by atoms with Gasteiger partial charge in [0, 0.05) is 37.9 Å². The van der Waals surface area contributed by atoms with Gasteiger partial charge in [0.05, 0.1) is 4.92 Å². The predicted molar refractivity (Wildman–Crippen MR) is 64.9 cm³/mol. The number of anilines is 1. The molecule has 2 rings (SSSR count). The van der Waals surface area contributed by atoms with Crippen molar-refractivity contribution < 1.29 is 22.8 Å². The Labute approximate surface area is 112 Å². The summed E-state index contributed by atoms with van der Waals surface area (Å²) in [5.74, 6) is -0.804. The minimum Gasteiger partial charge on any atom is -0.398 e. The van der Waals surface area contributed by atoms with Gasteiger partial charge in [-0.1, -0.05) is 0 Å². The fraction of sp³-hybridized carbons (Fsp3) is 0.455. The summed E-state index contributed by atoms with van der Waals surface area (Å²) in [6.07, 6.45) is -4.96. The van der Waals surface area contributed by atoms with E-state index in [9.17, 15) is 23.3 Å². The Kier molecular flexibility index (Phi) is 3.98. The van der Waals surface area contributed by atoms with Crippen LogP contribution in [0.25, 0.3) is 0 Å². The summed E-state index contributed by atoms with van der Waals surface area (Å²) in [6.45, 7) is 2.70. The smallest absolute Gasteiger partial charge is 0.398 e. The molecule has 20 heavy (non-hydrogen) atoms. The van der Waals surface area contributed by atoms with Gasteiger partial charge in [0.15, 0.2) is 0 Å². The molecule has 0 aliphatic carbocycles. The largest absolute Gasteiger partial charge is 0.573 e. The van der Waals surface area contributed by atoms with E-state index in [0.29, 0.717) is 31.9 Å². The Morgan fingerprint density at radius 1 is 1.30 bits per heavy atom. The van der Waals surface area contributed by atoms with Crippen molar-refractivity contribution in [1.29, 1.82) is 0 Å². The van der Waals surface area contributed by atoms with E-state index in [1.165, 1.54) is 6.07 Å². The summed E-state index contributed by atoms with van der Waals surface area (Å²) in [5, 5.41) is 14.0. The van der Waals surface area contributed by atoms with Crippen LogP contribution in [0.15, 0.2) is 18.2 Å². The van der Waals surface area contributed by atoms with Crippen molar-refractivity contribution in [3.8, 4) is 5.75 Å². The van der Waals surface area contributed by atoms with Gasteiger partial charge in [-0.05, 0) is 12.1 Å². The molecule has 6 nitrogen and oxygen atoms in total. The molecule has 1 aliphatic rings. The molecule has 1 heterocycles. The number of alkyl halides is 3. The number of nitrogens with one attached hydrogen (secondary N) is 1. The molecular weight excluding hydrogens is 279 g/mol. The van der Waals surface area contributed by atoms with Crippen LogP contribution in [-0.4, -0.2) is 37.5 Å². The highest BCUT2D eigenvalue weighted by Crippen LogP contribution is 2.35. The van der Waals surface area contributed by atoms with Crippen molar-refractivity contribution >= 4 is 11.4 Å². The van der Waals surface area contributed by atoms with Gasteiger partial charge in [-0.3, -0.25) is 10.1 Å². The van der Waals surface area contributed by atoms with Crippen LogP contribution in [0.2, 0.25) is 0 Å². The number of halogens is 3. The Bertz CT molecular complexity index is 501. The maximum absolute atomic E-state index is 12.2. The first-order chi connectivity index (χ1) is 9.37. The van der Waals surface area contributed by atoms with Gasteiger partial charge >= 0.3 is 12.0 Å². The first-order valence-corrected chi connectivity index (χ1v) is 5.87. The second kappa shape index (κ2) is 5.53. The van der Waals surface area contributed by atoms with Crippen molar-refractivity contribution in [2.45, 2.75) is 6.36 Å². The summed E-state index contributed by atoms with van der Waals surface area (Å²) >= 11 is 0. The number of nitro benzene ring substituents is 1. The van der Waals surface area contributed by atoms with Crippen LogP contribution >= 0.6 is 0 Å². The standard InChI is InChI=1S/C11H12F3N3O3/c12-11(13,14)20-10-2-1-8(7-9(10)17(18)19)16-5-3-15-4-6-16/h1-2,7,15H,3-6H2. The van der Waals surface area contributed by atoms with E-state index < -0.39 is 22.7 Å². The second-order valence-electron chi connectivity index (χ2n) is 4.19. The number of nitro groups is 1. The van der Waals surface area contributed by atoms with E-state index in [2.05, 4.69) is 10.1 Å². The zero-order chi connectivity index (χ0) is 14.8. The van der Waals surface area contributed by atoms with Crippen LogP contribution < -0.4 is 15.0 Å². The highest BCUT2D eigenvalue weighted by molar-refractivity contribution is 5.60. The quantitative estimate of drug-likeness (QED) is 0.680. The van der Waals surface area contributed by atoms with Crippen molar-refractivity contribution in [2.75, 3.05) is 31.1 Å². The molecule has 110 valence electrons. The maximum Gasteiger partial charge on any atom is 0.573 e. The Hall–Kier alpha value is -2.03. The van der Waals surface area contributed by atoms with Crippen LogP contribution in [0, 0.1) is 10.1 Å². The fourth-order valence-corrected chi connectivity index (χ4v) is 1.98. The first kappa shape index (κ1) is 14.4. The molecule has 0 aromatic heterocycles. The lowest BCUT2D eigenvalue weighted by atomic mass is 10.2. The lowest BCUT2D eigenvalue weighted by Gasteiger charge is -2.29. The number of benzene rings is 1. The zero-order valence-corrected chi connectivity index (χ0v) is 10.3. The van der Waals surface area contributed by atoms with Crippen LogP contribution in [-0.2, 0) is 0 Å². The summed E-state index contributed by atoms with van der Waals surface area (Å²) in [5.41, 5.74) is -0.189. The minimum absolute atomic E-state index is 0.507.